The molecule has 2 aromatic heterocycles. The van der Waals surface area contributed by atoms with Crippen LogP contribution in [0.4, 0.5) is 8.78 Å². The lowest BCUT2D eigenvalue weighted by atomic mass is 9.96. The van der Waals surface area contributed by atoms with E-state index in [9.17, 15) is 8.78 Å². The number of aromatic nitrogens is 4. The van der Waals surface area contributed by atoms with Crippen molar-refractivity contribution < 1.29 is 13.2 Å². The number of alkyl halides is 2. The van der Waals surface area contributed by atoms with Crippen LogP contribution in [-0.4, -0.2) is 20.0 Å². The van der Waals surface area contributed by atoms with Crippen molar-refractivity contribution in [3.05, 3.63) is 104 Å². The molecule has 0 spiro atoms. The van der Waals surface area contributed by atoms with E-state index >= 15 is 0 Å². The van der Waals surface area contributed by atoms with Gasteiger partial charge in [-0.1, -0.05) is 70.7 Å². The summed E-state index contributed by atoms with van der Waals surface area (Å²) in [6.45, 7) is 0. The molecule has 5 aromatic rings. The number of rotatable bonds is 6. The lowest BCUT2D eigenvalue weighted by Gasteiger charge is -2.11. The number of benzene rings is 3. The summed E-state index contributed by atoms with van der Waals surface area (Å²) in [5.74, 6) is 0.219. The Balaban J connectivity index is 1.53. The predicted molar refractivity (Wildman–Crippen MR) is 144 cm³/mol. The number of nitrogens with zero attached hydrogens (tertiary/aromatic N) is 4. The Morgan fingerprint density at radius 3 is 2.05 bits per heavy atom. The summed E-state index contributed by atoms with van der Waals surface area (Å²) in [4.78, 5) is 0. The first-order valence-corrected chi connectivity index (χ1v) is 13.0. The second-order valence-electron chi connectivity index (χ2n) is 8.93. The van der Waals surface area contributed by atoms with Gasteiger partial charge in [0.05, 0.1) is 27.4 Å². The molecule has 2 heterocycles. The van der Waals surface area contributed by atoms with Crippen LogP contribution in [0.1, 0.15) is 36.3 Å². The third-order valence-corrected chi connectivity index (χ3v) is 7.62. The molecule has 0 bridgehead atoms. The molecule has 0 saturated heterocycles. The fourth-order valence-corrected chi connectivity index (χ4v) is 5.28. The molecule has 192 valence electrons. The van der Waals surface area contributed by atoms with Gasteiger partial charge in [-0.2, -0.15) is 5.10 Å². The molecule has 38 heavy (non-hydrogen) atoms. The Bertz CT molecular complexity index is 1650. The number of hydrogen-bond acceptors (Lipinski definition) is 4. The Morgan fingerprint density at radius 1 is 0.816 bits per heavy atom. The summed E-state index contributed by atoms with van der Waals surface area (Å²) >= 11 is 24.7. The zero-order valence-corrected chi connectivity index (χ0v) is 22.3. The van der Waals surface area contributed by atoms with Crippen molar-refractivity contribution in [2.45, 2.75) is 24.7 Å². The Kier molecular flexibility index (Phi) is 6.43. The van der Waals surface area contributed by atoms with E-state index in [0.29, 0.717) is 32.2 Å². The van der Waals surface area contributed by atoms with Crippen LogP contribution in [0.25, 0.3) is 28.5 Å². The van der Waals surface area contributed by atoms with Crippen LogP contribution in [0.15, 0.2) is 71.1 Å². The molecule has 1 fully saturated rings. The highest BCUT2D eigenvalue weighted by atomic mass is 35.5. The van der Waals surface area contributed by atoms with Crippen LogP contribution >= 0.6 is 46.4 Å². The van der Waals surface area contributed by atoms with Crippen LogP contribution < -0.4 is 0 Å². The maximum atomic E-state index is 14.8. The van der Waals surface area contributed by atoms with Crippen LogP contribution in [0.2, 0.25) is 20.1 Å². The molecule has 0 aliphatic heterocycles. The predicted octanol–water partition coefficient (Wildman–Crippen LogP) is 9.22. The molecule has 0 N–H and O–H groups in total. The van der Waals surface area contributed by atoms with Gasteiger partial charge in [0.15, 0.2) is 5.69 Å². The summed E-state index contributed by atoms with van der Waals surface area (Å²) in [7, 11) is 0. The molecule has 0 radical (unpaired) electrons. The summed E-state index contributed by atoms with van der Waals surface area (Å²) < 4.78 is 36.9. The topological polar surface area (TPSA) is 56.7 Å². The van der Waals surface area contributed by atoms with Crippen LogP contribution in [0, 0.1) is 0 Å². The van der Waals surface area contributed by atoms with E-state index in [1.165, 1.54) is 10.7 Å². The molecule has 1 aliphatic rings. The van der Waals surface area contributed by atoms with Gasteiger partial charge in [-0.25, -0.2) is 13.5 Å². The second-order valence-corrected chi connectivity index (χ2v) is 10.6. The van der Waals surface area contributed by atoms with E-state index in [-0.39, 0.29) is 27.9 Å². The second kappa shape index (κ2) is 9.65. The normalized spacial score (nSPS) is 14.3. The average Bonchev–Trinajstić information content (AvgIpc) is 3.37. The minimum Gasteiger partial charge on any atom is -0.418 e. The molecule has 11 heteroatoms. The maximum Gasteiger partial charge on any atom is 0.268 e. The van der Waals surface area contributed by atoms with E-state index in [1.54, 1.807) is 48.5 Å². The SMILES string of the molecule is FC(F)c1c(-c2nnc(C3(c4ccc(Cl)cc4)CC3)o2)nn(-c2ccc(Cl)cc2Cl)c1-c1ccc(Cl)cc1. The fourth-order valence-electron chi connectivity index (χ4n) is 4.54. The van der Waals surface area contributed by atoms with Gasteiger partial charge in [-0.3, -0.25) is 0 Å². The smallest absolute Gasteiger partial charge is 0.268 e. The molecule has 0 unspecified atom stereocenters. The summed E-state index contributed by atoms with van der Waals surface area (Å²) in [5, 5.41) is 14.6. The Hall–Kier alpha value is -2.97. The van der Waals surface area contributed by atoms with E-state index in [2.05, 4.69) is 15.3 Å². The average molecular weight is 592 g/mol. The van der Waals surface area contributed by atoms with Gasteiger partial charge in [-0.05, 0) is 60.9 Å². The third-order valence-electron chi connectivity index (χ3n) is 6.58. The zero-order chi connectivity index (χ0) is 26.6. The first-order chi connectivity index (χ1) is 18.3. The van der Waals surface area contributed by atoms with Gasteiger partial charge in [0.25, 0.3) is 12.3 Å². The van der Waals surface area contributed by atoms with Crippen molar-refractivity contribution in [2.24, 2.45) is 0 Å². The quantitative estimate of drug-likeness (QED) is 0.197. The Morgan fingerprint density at radius 2 is 1.45 bits per heavy atom. The number of hydrogen-bond donors (Lipinski definition) is 0. The van der Waals surface area contributed by atoms with Crippen molar-refractivity contribution in [1.29, 1.82) is 0 Å². The standard InChI is InChI=1S/C27H16Cl4F2N4O/c28-16-5-1-14(2-6-16)23-21(24(32)33)22(36-37(23)20-10-9-18(30)13-19(20)31)25-34-35-26(38-25)27(11-12-27)15-3-7-17(29)8-4-15/h1-10,13,24H,11-12H2. The third kappa shape index (κ3) is 4.37. The minimum atomic E-state index is -2.92. The molecule has 0 atom stereocenters. The fraction of sp³-hybridized carbons (Fsp3) is 0.148. The van der Waals surface area contributed by atoms with Crippen LogP contribution in [0.5, 0.6) is 0 Å². The highest BCUT2D eigenvalue weighted by molar-refractivity contribution is 6.35. The lowest BCUT2D eigenvalue weighted by Crippen LogP contribution is -2.08. The molecule has 5 nitrogen and oxygen atoms in total. The van der Waals surface area contributed by atoms with Gasteiger partial charge < -0.3 is 4.42 Å². The van der Waals surface area contributed by atoms with Crippen molar-refractivity contribution in [2.75, 3.05) is 0 Å². The molecule has 3 aromatic carbocycles. The van der Waals surface area contributed by atoms with Crippen molar-refractivity contribution >= 4 is 46.4 Å². The van der Waals surface area contributed by atoms with Gasteiger partial charge in [0.1, 0.15) is 0 Å². The molecule has 1 aliphatic carbocycles. The van der Waals surface area contributed by atoms with Crippen LogP contribution in [-0.2, 0) is 5.41 Å². The number of halogens is 6. The zero-order valence-electron chi connectivity index (χ0n) is 19.3. The van der Waals surface area contributed by atoms with Gasteiger partial charge in [0.2, 0.25) is 5.89 Å². The first-order valence-electron chi connectivity index (χ1n) is 11.5. The summed E-state index contributed by atoms with van der Waals surface area (Å²) in [6, 6.07) is 18.6. The van der Waals surface area contributed by atoms with E-state index in [0.717, 1.165) is 18.4 Å². The minimum absolute atomic E-state index is 0.116. The van der Waals surface area contributed by atoms with Gasteiger partial charge in [-0.15, -0.1) is 10.2 Å². The van der Waals surface area contributed by atoms with Crippen molar-refractivity contribution in [3.8, 4) is 28.5 Å². The first kappa shape index (κ1) is 25.3. The summed E-state index contributed by atoms with van der Waals surface area (Å²) in [6.07, 6.45) is -1.36. The largest absolute Gasteiger partial charge is 0.418 e. The monoisotopic (exact) mass is 590 g/mol. The van der Waals surface area contributed by atoms with Gasteiger partial charge >= 0.3 is 0 Å². The highest BCUT2D eigenvalue weighted by Crippen LogP contribution is 2.53. The van der Waals surface area contributed by atoms with E-state index in [1.807, 2.05) is 12.1 Å². The Labute approximate surface area is 235 Å². The van der Waals surface area contributed by atoms with Crippen molar-refractivity contribution in [1.82, 2.24) is 20.0 Å². The maximum absolute atomic E-state index is 14.8. The molecule has 6 rings (SSSR count). The van der Waals surface area contributed by atoms with Gasteiger partial charge in [0, 0.05) is 20.6 Å². The molecular formula is C27H16Cl4F2N4O. The highest BCUT2D eigenvalue weighted by Gasteiger charge is 2.51. The molecular weight excluding hydrogens is 576 g/mol. The van der Waals surface area contributed by atoms with E-state index < -0.39 is 11.8 Å². The van der Waals surface area contributed by atoms with Crippen molar-refractivity contribution in [3.63, 3.8) is 0 Å². The summed E-state index contributed by atoms with van der Waals surface area (Å²) in [5.41, 5.74) is 0.900. The molecule has 0 amide bonds. The lowest BCUT2D eigenvalue weighted by molar-refractivity contribution is 0.152. The van der Waals surface area contributed by atoms with E-state index in [4.69, 9.17) is 50.8 Å². The molecule has 1 saturated carbocycles. The van der Waals surface area contributed by atoms with Crippen LogP contribution in [0.3, 0.4) is 0 Å².